The van der Waals surface area contributed by atoms with Crippen molar-refractivity contribution < 1.29 is 9.90 Å². The van der Waals surface area contributed by atoms with Crippen LogP contribution in [0.4, 0.5) is 0 Å². The SMILES string of the molecule is Cc1ccc(C=CC(=O)NC(CO)C(C)C)s1. The number of hydrogen-bond acceptors (Lipinski definition) is 3. The Labute approximate surface area is 106 Å². The Morgan fingerprint density at radius 1 is 1.53 bits per heavy atom. The van der Waals surface area contributed by atoms with E-state index in [1.54, 1.807) is 17.4 Å². The molecule has 0 aliphatic heterocycles. The quantitative estimate of drug-likeness (QED) is 0.790. The summed E-state index contributed by atoms with van der Waals surface area (Å²) in [7, 11) is 0. The van der Waals surface area contributed by atoms with Gasteiger partial charge in [0.25, 0.3) is 0 Å². The molecule has 1 atom stereocenters. The minimum atomic E-state index is -0.183. The highest BCUT2D eigenvalue weighted by atomic mass is 32.1. The number of thiophene rings is 1. The van der Waals surface area contributed by atoms with Gasteiger partial charge in [-0.25, -0.2) is 0 Å². The van der Waals surface area contributed by atoms with Gasteiger partial charge < -0.3 is 10.4 Å². The summed E-state index contributed by atoms with van der Waals surface area (Å²) < 4.78 is 0. The van der Waals surface area contributed by atoms with Gasteiger partial charge in [-0.3, -0.25) is 4.79 Å². The standard InChI is InChI=1S/C13H19NO2S/c1-9(2)12(8-15)14-13(16)7-6-11-5-4-10(3)17-11/h4-7,9,12,15H,8H2,1-3H3,(H,14,16). The third-order valence-electron chi connectivity index (χ3n) is 2.49. The van der Waals surface area contributed by atoms with Gasteiger partial charge in [-0.05, 0) is 31.1 Å². The zero-order valence-corrected chi connectivity index (χ0v) is 11.3. The van der Waals surface area contributed by atoms with Crippen LogP contribution in [0.1, 0.15) is 23.6 Å². The molecule has 0 radical (unpaired) electrons. The summed E-state index contributed by atoms with van der Waals surface area (Å²) in [6.07, 6.45) is 3.30. The van der Waals surface area contributed by atoms with Crippen molar-refractivity contribution in [3.63, 3.8) is 0 Å². The van der Waals surface area contributed by atoms with E-state index in [2.05, 4.69) is 5.32 Å². The number of aliphatic hydroxyl groups excluding tert-OH is 1. The summed E-state index contributed by atoms with van der Waals surface area (Å²) in [6.45, 7) is 5.93. The molecule has 1 unspecified atom stereocenters. The van der Waals surface area contributed by atoms with E-state index in [4.69, 9.17) is 5.11 Å². The number of carbonyl (C=O) groups excluding carboxylic acids is 1. The van der Waals surface area contributed by atoms with Gasteiger partial charge in [-0.1, -0.05) is 13.8 Å². The van der Waals surface area contributed by atoms with E-state index in [0.29, 0.717) is 0 Å². The first-order chi connectivity index (χ1) is 8.02. The lowest BCUT2D eigenvalue weighted by Crippen LogP contribution is -2.40. The topological polar surface area (TPSA) is 49.3 Å². The van der Waals surface area contributed by atoms with Crippen molar-refractivity contribution in [2.45, 2.75) is 26.8 Å². The Kier molecular flexibility index (Phi) is 5.38. The fraction of sp³-hybridized carbons (Fsp3) is 0.462. The maximum Gasteiger partial charge on any atom is 0.244 e. The number of amides is 1. The number of rotatable bonds is 5. The molecule has 0 aliphatic carbocycles. The fourth-order valence-corrected chi connectivity index (χ4v) is 2.13. The zero-order chi connectivity index (χ0) is 12.8. The Morgan fingerprint density at radius 3 is 2.71 bits per heavy atom. The van der Waals surface area contributed by atoms with Gasteiger partial charge in [0.05, 0.1) is 12.6 Å². The van der Waals surface area contributed by atoms with E-state index in [-0.39, 0.29) is 24.5 Å². The molecule has 0 aliphatic rings. The highest BCUT2D eigenvalue weighted by Crippen LogP contribution is 2.16. The van der Waals surface area contributed by atoms with Gasteiger partial charge in [0.2, 0.25) is 5.91 Å². The van der Waals surface area contributed by atoms with Gasteiger partial charge >= 0.3 is 0 Å². The molecule has 0 spiro atoms. The van der Waals surface area contributed by atoms with Crippen molar-refractivity contribution in [1.82, 2.24) is 5.32 Å². The molecule has 1 aromatic rings. The van der Waals surface area contributed by atoms with E-state index in [1.807, 2.05) is 32.9 Å². The molecule has 0 saturated heterocycles. The lowest BCUT2D eigenvalue weighted by Gasteiger charge is -2.18. The van der Waals surface area contributed by atoms with Gasteiger partial charge in [0.15, 0.2) is 0 Å². The van der Waals surface area contributed by atoms with Crippen LogP contribution < -0.4 is 5.32 Å². The molecule has 1 amide bonds. The van der Waals surface area contributed by atoms with Crippen LogP contribution in [-0.2, 0) is 4.79 Å². The summed E-state index contributed by atoms with van der Waals surface area (Å²) in [4.78, 5) is 13.9. The predicted octanol–water partition coefficient (Wildman–Crippen LogP) is 2.20. The minimum absolute atomic E-state index is 0.0324. The van der Waals surface area contributed by atoms with Gasteiger partial charge in [-0.15, -0.1) is 11.3 Å². The molecule has 2 N–H and O–H groups in total. The molecule has 94 valence electrons. The third kappa shape index (κ3) is 4.71. The summed E-state index contributed by atoms with van der Waals surface area (Å²) >= 11 is 1.64. The number of hydrogen-bond donors (Lipinski definition) is 2. The first kappa shape index (κ1) is 13.9. The molecule has 17 heavy (non-hydrogen) atoms. The molecule has 1 aromatic heterocycles. The van der Waals surface area contributed by atoms with Gasteiger partial charge in [0, 0.05) is 15.8 Å². The summed E-state index contributed by atoms with van der Waals surface area (Å²) in [5.74, 6) is 0.0603. The van der Waals surface area contributed by atoms with Crippen LogP contribution in [-0.4, -0.2) is 23.7 Å². The second-order valence-corrected chi connectivity index (χ2v) is 5.64. The number of aliphatic hydroxyl groups is 1. The Balaban J connectivity index is 2.52. The van der Waals surface area contributed by atoms with E-state index in [9.17, 15) is 4.79 Å². The maximum atomic E-state index is 11.6. The normalized spacial score (nSPS) is 13.2. The van der Waals surface area contributed by atoms with E-state index in [0.717, 1.165) is 4.88 Å². The molecular weight excluding hydrogens is 234 g/mol. The average Bonchev–Trinajstić information content (AvgIpc) is 2.68. The predicted molar refractivity (Wildman–Crippen MR) is 71.9 cm³/mol. The summed E-state index contributed by atoms with van der Waals surface area (Å²) in [6, 6.07) is 3.82. The Morgan fingerprint density at radius 2 is 2.24 bits per heavy atom. The molecule has 3 nitrogen and oxygen atoms in total. The van der Waals surface area contributed by atoms with Crippen molar-refractivity contribution in [2.75, 3.05) is 6.61 Å². The van der Waals surface area contributed by atoms with Crippen LogP contribution in [0.3, 0.4) is 0 Å². The number of nitrogens with one attached hydrogen (secondary N) is 1. The fourth-order valence-electron chi connectivity index (χ4n) is 1.35. The van der Waals surface area contributed by atoms with E-state index >= 15 is 0 Å². The Hall–Kier alpha value is -1.13. The first-order valence-electron chi connectivity index (χ1n) is 5.68. The van der Waals surface area contributed by atoms with Gasteiger partial charge in [0.1, 0.15) is 0 Å². The van der Waals surface area contributed by atoms with Crippen LogP contribution in [0.25, 0.3) is 6.08 Å². The van der Waals surface area contributed by atoms with Crippen LogP contribution in [0.15, 0.2) is 18.2 Å². The third-order valence-corrected chi connectivity index (χ3v) is 3.46. The second kappa shape index (κ2) is 6.57. The number of aryl methyl sites for hydroxylation is 1. The maximum absolute atomic E-state index is 11.6. The first-order valence-corrected chi connectivity index (χ1v) is 6.50. The smallest absolute Gasteiger partial charge is 0.244 e. The van der Waals surface area contributed by atoms with Crippen LogP contribution in [0, 0.1) is 12.8 Å². The molecule has 0 aromatic carbocycles. The monoisotopic (exact) mass is 253 g/mol. The lowest BCUT2D eigenvalue weighted by atomic mass is 10.1. The largest absolute Gasteiger partial charge is 0.394 e. The molecule has 0 saturated carbocycles. The highest BCUT2D eigenvalue weighted by Gasteiger charge is 2.13. The lowest BCUT2D eigenvalue weighted by molar-refractivity contribution is -0.117. The van der Waals surface area contributed by atoms with Crippen molar-refractivity contribution in [3.05, 3.63) is 28.0 Å². The van der Waals surface area contributed by atoms with Crippen LogP contribution in [0.2, 0.25) is 0 Å². The van der Waals surface area contributed by atoms with Crippen LogP contribution >= 0.6 is 11.3 Å². The second-order valence-electron chi connectivity index (χ2n) is 4.32. The van der Waals surface area contributed by atoms with Crippen molar-refractivity contribution in [1.29, 1.82) is 0 Å². The molecule has 1 heterocycles. The molecular formula is C13H19NO2S. The highest BCUT2D eigenvalue weighted by molar-refractivity contribution is 7.12. The van der Waals surface area contributed by atoms with Crippen molar-refractivity contribution >= 4 is 23.3 Å². The van der Waals surface area contributed by atoms with Crippen molar-refractivity contribution in [3.8, 4) is 0 Å². The minimum Gasteiger partial charge on any atom is -0.394 e. The molecule has 4 heteroatoms. The van der Waals surface area contributed by atoms with E-state index < -0.39 is 0 Å². The molecule has 0 bridgehead atoms. The zero-order valence-electron chi connectivity index (χ0n) is 10.4. The van der Waals surface area contributed by atoms with Gasteiger partial charge in [-0.2, -0.15) is 0 Å². The molecule has 1 rings (SSSR count). The number of carbonyl (C=O) groups is 1. The van der Waals surface area contributed by atoms with Crippen molar-refractivity contribution in [2.24, 2.45) is 5.92 Å². The summed E-state index contributed by atoms with van der Waals surface area (Å²) in [5, 5.41) is 11.9. The Bertz CT molecular complexity index is 396. The average molecular weight is 253 g/mol. The van der Waals surface area contributed by atoms with Crippen LogP contribution in [0.5, 0.6) is 0 Å². The van der Waals surface area contributed by atoms with E-state index in [1.165, 1.54) is 11.0 Å². The molecule has 0 fully saturated rings. The summed E-state index contributed by atoms with van der Waals surface area (Å²) in [5.41, 5.74) is 0.